The van der Waals surface area contributed by atoms with Crippen LogP contribution in [0.2, 0.25) is 0 Å². The molecule has 0 N–H and O–H groups in total. The van der Waals surface area contributed by atoms with Crippen molar-refractivity contribution in [2.45, 2.75) is 33.1 Å². The summed E-state index contributed by atoms with van der Waals surface area (Å²) in [6.07, 6.45) is 1.75. The number of Topliss-reactive ketones (excluding diaryl/α,β-unsaturated/α-hetero) is 1. The fourth-order valence-electron chi connectivity index (χ4n) is 2.27. The summed E-state index contributed by atoms with van der Waals surface area (Å²) in [7, 11) is -3.31. The van der Waals surface area contributed by atoms with Crippen LogP contribution in [-0.2, 0) is 10.0 Å². The van der Waals surface area contributed by atoms with Crippen LogP contribution in [-0.4, -0.2) is 26.5 Å². The highest BCUT2D eigenvalue weighted by molar-refractivity contribution is 7.92. The van der Waals surface area contributed by atoms with Crippen LogP contribution < -0.4 is 4.31 Å². The van der Waals surface area contributed by atoms with Gasteiger partial charge in [-0.05, 0) is 25.5 Å². The zero-order valence-electron chi connectivity index (χ0n) is 11.3. The standard InChI is InChI=1S/C14H19NO3S/c1-3-4-9-19(17,18)15-8-7-14(16)12-10-11(2)5-6-13(12)15/h5-6,10H,3-4,7-9H2,1-2H3. The topological polar surface area (TPSA) is 54.5 Å². The number of ketones is 1. The molecule has 0 spiro atoms. The maximum Gasteiger partial charge on any atom is 0.235 e. The van der Waals surface area contributed by atoms with Gasteiger partial charge in [-0.1, -0.05) is 25.0 Å². The number of unbranched alkanes of at least 4 members (excludes halogenated alkanes) is 1. The van der Waals surface area contributed by atoms with E-state index in [-0.39, 0.29) is 24.5 Å². The molecule has 5 heteroatoms. The molecule has 0 radical (unpaired) electrons. The maximum absolute atomic E-state index is 12.3. The summed E-state index contributed by atoms with van der Waals surface area (Å²) in [5, 5.41) is 0. The number of anilines is 1. The molecule has 104 valence electrons. The van der Waals surface area contributed by atoms with Crippen LogP contribution >= 0.6 is 0 Å². The fraction of sp³-hybridized carbons (Fsp3) is 0.500. The van der Waals surface area contributed by atoms with E-state index in [0.717, 1.165) is 12.0 Å². The van der Waals surface area contributed by atoms with Crippen molar-refractivity contribution in [3.63, 3.8) is 0 Å². The minimum Gasteiger partial charge on any atom is -0.294 e. The van der Waals surface area contributed by atoms with Gasteiger partial charge in [-0.15, -0.1) is 0 Å². The van der Waals surface area contributed by atoms with E-state index in [1.54, 1.807) is 12.1 Å². The minimum absolute atomic E-state index is 0.0284. The van der Waals surface area contributed by atoms with E-state index in [4.69, 9.17) is 0 Å². The Kier molecular flexibility index (Phi) is 3.94. The molecule has 1 heterocycles. The summed E-state index contributed by atoms with van der Waals surface area (Å²) < 4.78 is 26.0. The third-order valence-electron chi connectivity index (χ3n) is 3.35. The minimum atomic E-state index is -3.31. The number of carbonyl (C=O) groups is 1. The molecule has 4 nitrogen and oxygen atoms in total. The van der Waals surface area contributed by atoms with Gasteiger partial charge in [0.15, 0.2) is 5.78 Å². The molecule has 2 rings (SSSR count). The first-order valence-corrected chi connectivity index (χ1v) is 8.21. The Morgan fingerprint density at radius 1 is 1.32 bits per heavy atom. The second-order valence-corrected chi connectivity index (χ2v) is 6.95. The van der Waals surface area contributed by atoms with Crippen molar-refractivity contribution in [2.75, 3.05) is 16.6 Å². The lowest BCUT2D eigenvalue weighted by atomic mass is 10.0. The molecule has 0 fully saturated rings. The number of nitrogens with zero attached hydrogens (tertiary/aromatic N) is 1. The molecule has 0 saturated carbocycles. The average molecular weight is 281 g/mol. The lowest BCUT2D eigenvalue weighted by molar-refractivity contribution is 0.0982. The molecule has 1 aliphatic heterocycles. The van der Waals surface area contributed by atoms with E-state index < -0.39 is 10.0 Å². The molecule has 0 unspecified atom stereocenters. The van der Waals surface area contributed by atoms with Crippen LogP contribution in [0.1, 0.15) is 42.1 Å². The first-order valence-electron chi connectivity index (χ1n) is 6.60. The van der Waals surface area contributed by atoms with Crippen molar-refractivity contribution < 1.29 is 13.2 Å². The van der Waals surface area contributed by atoms with Crippen molar-refractivity contribution in [2.24, 2.45) is 0 Å². The SMILES string of the molecule is CCCCS(=O)(=O)N1CCC(=O)c2cc(C)ccc21. The summed E-state index contributed by atoms with van der Waals surface area (Å²) in [5.74, 6) is 0.172. The van der Waals surface area contributed by atoms with Crippen LogP contribution in [0.15, 0.2) is 18.2 Å². The quantitative estimate of drug-likeness (QED) is 0.852. The Bertz CT molecular complexity index is 593. The van der Waals surface area contributed by atoms with Gasteiger partial charge in [-0.25, -0.2) is 8.42 Å². The lowest BCUT2D eigenvalue weighted by Crippen LogP contribution is -2.38. The smallest absolute Gasteiger partial charge is 0.235 e. The molecule has 0 bridgehead atoms. The van der Waals surface area contributed by atoms with E-state index >= 15 is 0 Å². The molecule has 0 atom stereocenters. The highest BCUT2D eigenvalue weighted by Crippen LogP contribution is 2.30. The Morgan fingerprint density at radius 2 is 2.05 bits per heavy atom. The average Bonchev–Trinajstić information content (AvgIpc) is 2.37. The first kappa shape index (κ1) is 14.1. The third kappa shape index (κ3) is 2.81. The Hall–Kier alpha value is -1.36. The fourth-order valence-corrected chi connectivity index (χ4v) is 3.98. The highest BCUT2D eigenvalue weighted by atomic mass is 32.2. The van der Waals surface area contributed by atoms with Crippen LogP contribution in [0.5, 0.6) is 0 Å². The number of carbonyl (C=O) groups excluding carboxylic acids is 1. The van der Waals surface area contributed by atoms with E-state index in [1.165, 1.54) is 4.31 Å². The highest BCUT2D eigenvalue weighted by Gasteiger charge is 2.30. The molecular formula is C14H19NO3S. The normalized spacial score (nSPS) is 15.5. The van der Waals surface area contributed by atoms with Gasteiger partial charge in [0.05, 0.1) is 11.4 Å². The third-order valence-corrected chi connectivity index (χ3v) is 5.21. The maximum atomic E-state index is 12.3. The number of benzene rings is 1. The lowest BCUT2D eigenvalue weighted by Gasteiger charge is -2.30. The summed E-state index contributed by atoms with van der Waals surface area (Å²) >= 11 is 0. The van der Waals surface area contributed by atoms with E-state index in [9.17, 15) is 13.2 Å². The number of rotatable bonds is 4. The Labute approximate surface area is 114 Å². The van der Waals surface area contributed by atoms with Gasteiger partial charge in [-0.2, -0.15) is 0 Å². The molecule has 1 aromatic rings. The van der Waals surface area contributed by atoms with Crippen molar-refractivity contribution >= 4 is 21.5 Å². The van der Waals surface area contributed by atoms with Crippen molar-refractivity contribution in [3.05, 3.63) is 29.3 Å². The Balaban J connectivity index is 2.41. The zero-order chi connectivity index (χ0) is 14.0. The van der Waals surface area contributed by atoms with Crippen molar-refractivity contribution in [1.29, 1.82) is 0 Å². The number of aryl methyl sites for hydroxylation is 1. The predicted molar refractivity (Wildman–Crippen MR) is 76.2 cm³/mol. The Morgan fingerprint density at radius 3 is 2.74 bits per heavy atom. The molecule has 0 amide bonds. The number of hydrogen-bond acceptors (Lipinski definition) is 3. The number of sulfonamides is 1. The molecular weight excluding hydrogens is 262 g/mol. The van der Waals surface area contributed by atoms with Gasteiger partial charge in [0.2, 0.25) is 10.0 Å². The van der Waals surface area contributed by atoms with Crippen LogP contribution in [0.4, 0.5) is 5.69 Å². The van der Waals surface area contributed by atoms with Crippen molar-refractivity contribution in [1.82, 2.24) is 0 Å². The van der Waals surface area contributed by atoms with Gasteiger partial charge in [0, 0.05) is 18.5 Å². The molecule has 0 aliphatic carbocycles. The zero-order valence-corrected chi connectivity index (χ0v) is 12.2. The van der Waals surface area contributed by atoms with Gasteiger partial charge < -0.3 is 0 Å². The van der Waals surface area contributed by atoms with E-state index in [1.807, 2.05) is 19.9 Å². The van der Waals surface area contributed by atoms with E-state index in [2.05, 4.69) is 0 Å². The van der Waals surface area contributed by atoms with Crippen LogP contribution in [0, 0.1) is 6.92 Å². The van der Waals surface area contributed by atoms with Gasteiger partial charge >= 0.3 is 0 Å². The second kappa shape index (κ2) is 5.33. The van der Waals surface area contributed by atoms with Gasteiger partial charge in [0.1, 0.15) is 0 Å². The second-order valence-electron chi connectivity index (χ2n) is 4.94. The summed E-state index contributed by atoms with van der Waals surface area (Å²) in [6.45, 7) is 4.13. The monoisotopic (exact) mass is 281 g/mol. The predicted octanol–water partition coefficient (Wildman–Crippen LogP) is 2.52. The van der Waals surface area contributed by atoms with E-state index in [0.29, 0.717) is 17.7 Å². The molecule has 19 heavy (non-hydrogen) atoms. The number of fused-ring (bicyclic) bond motifs is 1. The molecule has 1 aliphatic rings. The number of hydrogen-bond donors (Lipinski definition) is 0. The molecule has 0 aromatic heterocycles. The largest absolute Gasteiger partial charge is 0.294 e. The van der Waals surface area contributed by atoms with Gasteiger partial charge in [-0.3, -0.25) is 9.10 Å². The van der Waals surface area contributed by atoms with Crippen LogP contribution in [0.25, 0.3) is 0 Å². The molecule has 1 aromatic carbocycles. The summed E-state index contributed by atoms with van der Waals surface area (Å²) in [6, 6.07) is 5.37. The van der Waals surface area contributed by atoms with Gasteiger partial charge in [0.25, 0.3) is 0 Å². The first-order chi connectivity index (χ1) is 8.95. The summed E-state index contributed by atoms with van der Waals surface area (Å²) in [4.78, 5) is 11.9. The van der Waals surface area contributed by atoms with Crippen LogP contribution in [0.3, 0.4) is 0 Å². The van der Waals surface area contributed by atoms with Crippen molar-refractivity contribution in [3.8, 4) is 0 Å². The molecule has 0 saturated heterocycles. The summed E-state index contributed by atoms with van der Waals surface area (Å²) in [5.41, 5.74) is 2.05.